The Balaban J connectivity index is 2.25. The maximum Gasteiger partial charge on any atom is 0.0406 e. The topological polar surface area (TPSA) is 38.0 Å². The van der Waals surface area contributed by atoms with Crippen molar-refractivity contribution < 1.29 is 0 Å². The van der Waals surface area contributed by atoms with Crippen molar-refractivity contribution >= 4 is 11.6 Å². The van der Waals surface area contributed by atoms with Crippen LogP contribution in [0.15, 0.2) is 24.3 Å². The molecule has 0 fully saturated rings. The van der Waals surface area contributed by atoms with Gasteiger partial charge < -0.3 is 11.1 Å². The number of hydrogen-bond acceptors (Lipinski definition) is 2. The van der Waals surface area contributed by atoms with Crippen molar-refractivity contribution in [3.63, 3.8) is 0 Å². The van der Waals surface area contributed by atoms with Gasteiger partial charge in [0.25, 0.3) is 0 Å². The summed E-state index contributed by atoms with van der Waals surface area (Å²) in [5.41, 5.74) is 6.62. The van der Waals surface area contributed by atoms with Gasteiger partial charge in [0.1, 0.15) is 0 Å². The minimum atomic E-state index is 0.744. The summed E-state index contributed by atoms with van der Waals surface area (Å²) in [5.74, 6) is 0. The van der Waals surface area contributed by atoms with Gasteiger partial charge in [-0.3, -0.25) is 0 Å². The Kier molecular flexibility index (Phi) is 4.83. The van der Waals surface area contributed by atoms with E-state index in [1.54, 1.807) is 0 Å². The first kappa shape index (κ1) is 10.5. The number of halogens is 1. The summed E-state index contributed by atoms with van der Waals surface area (Å²) in [4.78, 5) is 0. The third-order valence-electron chi connectivity index (χ3n) is 1.80. The van der Waals surface area contributed by atoms with E-state index in [0.29, 0.717) is 0 Å². The maximum absolute atomic E-state index is 5.76. The summed E-state index contributed by atoms with van der Waals surface area (Å²) in [6, 6.07) is 7.86. The van der Waals surface area contributed by atoms with E-state index >= 15 is 0 Å². The molecule has 1 aromatic carbocycles. The zero-order chi connectivity index (χ0) is 9.52. The fraction of sp³-hybridized carbons (Fsp3) is 0.400. The first-order valence-corrected chi connectivity index (χ1v) is 4.86. The smallest absolute Gasteiger partial charge is 0.0406 e. The van der Waals surface area contributed by atoms with E-state index in [-0.39, 0.29) is 0 Å². The Morgan fingerprint density at radius 2 is 1.92 bits per heavy atom. The molecule has 0 heterocycles. The number of benzene rings is 1. The molecule has 0 saturated carbocycles. The first-order chi connectivity index (χ1) is 6.33. The Labute approximate surface area is 84.1 Å². The summed E-state index contributed by atoms with van der Waals surface area (Å²) < 4.78 is 0. The van der Waals surface area contributed by atoms with Crippen LogP contribution in [0.25, 0.3) is 0 Å². The van der Waals surface area contributed by atoms with Crippen molar-refractivity contribution in [2.24, 2.45) is 5.73 Å². The van der Waals surface area contributed by atoms with Gasteiger partial charge in [0.2, 0.25) is 0 Å². The van der Waals surface area contributed by atoms with Crippen molar-refractivity contribution in [1.82, 2.24) is 5.32 Å². The number of nitrogens with one attached hydrogen (secondary N) is 1. The van der Waals surface area contributed by atoms with E-state index in [1.165, 1.54) is 5.56 Å². The van der Waals surface area contributed by atoms with Crippen LogP contribution >= 0.6 is 11.6 Å². The standard InChI is InChI=1S/C10H15ClN2/c11-10-4-2-9(3-5-10)8-13-7-1-6-12/h2-5,13H,1,6-8,12H2. The lowest BCUT2D eigenvalue weighted by atomic mass is 10.2. The quantitative estimate of drug-likeness (QED) is 0.708. The van der Waals surface area contributed by atoms with Crippen molar-refractivity contribution in [3.05, 3.63) is 34.9 Å². The summed E-state index contributed by atoms with van der Waals surface area (Å²) >= 11 is 5.76. The van der Waals surface area contributed by atoms with Gasteiger partial charge in [-0.1, -0.05) is 23.7 Å². The molecular weight excluding hydrogens is 184 g/mol. The van der Waals surface area contributed by atoms with Crippen LogP contribution in [0.3, 0.4) is 0 Å². The Bertz CT molecular complexity index is 233. The zero-order valence-electron chi connectivity index (χ0n) is 7.59. The van der Waals surface area contributed by atoms with Crippen LogP contribution in [-0.4, -0.2) is 13.1 Å². The van der Waals surface area contributed by atoms with Crippen molar-refractivity contribution in [2.75, 3.05) is 13.1 Å². The van der Waals surface area contributed by atoms with Gasteiger partial charge in [0.15, 0.2) is 0 Å². The largest absolute Gasteiger partial charge is 0.330 e. The minimum Gasteiger partial charge on any atom is -0.330 e. The van der Waals surface area contributed by atoms with Crippen molar-refractivity contribution in [2.45, 2.75) is 13.0 Å². The van der Waals surface area contributed by atoms with E-state index in [2.05, 4.69) is 5.32 Å². The van der Waals surface area contributed by atoms with Gasteiger partial charge in [-0.15, -0.1) is 0 Å². The second-order valence-electron chi connectivity index (χ2n) is 2.95. The van der Waals surface area contributed by atoms with E-state index in [1.807, 2.05) is 24.3 Å². The van der Waals surface area contributed by atoms with Gasteiger partial charge in [-0.25, -0.2) is 0 Å². The molecule has 13 heavy (non-hydrogen) atoms. The van der Waals surface area contributed by atoms with E-state index in [0.717, 1.165) is 31.1 Å². The monoisotopic (exact) mass is 198 g/mol. The molecule has 3 N–H and O–H groups in total. The average molecular weight is 199 g/mol. The Morgan fingerprint density at radius 3 is 2.54 bits per heavy atom. The van der Waals surface area contributed by atoms with Gasteiger partial charge in [-0.05, 0) is 37.2 Å². The molecule has 2 nitrogen and oxygen atoms in total. The predicted molar refractivity (Wildman–Crippen MR) is 56.8 cm³/mol. The molecular formula is C10H15ClN2. The van der Waals surface area contributed by atoms with Gasteiger partial charge in [0.05, 0.1) is 0 Å². The first-order valence-electron chi connectivity index (χ1n) is 4.48. The number of nitrogens with two attached hydrogens (primary N) is 1. The Morgan fingerprint density at radius 1 is 1.23 bits per heavy atom. The van der Waals surface area contributed by atoms with Crippen LogP contribution in [0.1, 0.15) is 12.0 Å². The molecule has 0 bridgehead atoms. The molecule has 0 atom stereocenters. The highest BCUT2D eigenvalue weighted by atomic mass is 35.5. The maximum atomic E-state index is 5.76. The molecule has 0 unspecified atom stereocenters. The third kappa shape index (κ3) is 4.27. The SMILES string of the molecule is NCCCNCc1ccc(Cl)cc1. The summed E-state index contributed by atoms with van der Waals surface area (Å²) in [5, 5.41) is 4.08. The molecule has 1 aromatic rings. The molecule has 3 heteroatoms. The van der Waals surface area contributed by atoms with Crippen LogP contribution in [0.4, 0.5) is 0 Å². The molecule has 0 aliphatic carbocycles. The average Bonchev–Trinajstić information content (AvgIpc) is 2.15. The lowest BCUT2D eigenvalue weighted by Gasteiger charge is -2.03. The van der Waals surface area contributed by atoms with Crippen LogP contribution < -0.4 is 11.1 Å². The number of rotatable bonds is 5. The molecule has 1 rings (SSSR count). The van der Waals surface area contributed by atoms with Gasteiger partial charge >= 0.3 is 0 Å². The number of hydrogen-bond donors (Lipinski definition) is 2. The highest BCUT2D eigenvalue weighted by molar-refractivity contribution is 6.30. The van der Waals surface area contributed by atoms with Gasteiger partial charge in [0, 0.05) is 11.6 Å². The second kappa shape index (κ2) is 5.97. The summed E-state index contributed by atoms with van der Waals surface area (Å²) in [6.07, 6.45) is 1.02. The highest BCUT2D eigenvalue weighted by Gasteiger charge is 1.91. The van der Waals surface area contributed by atoms with E-state index in [9.17, 15) is 0 Å². The summed E-state index contributed by atoms with van der Waals surface area (Å²) in [7, 11) is 0. The summed E-state index contributed by atoms with van der Waals surface area (Å²) in [6.45, 7) is 2.60. The molecule has 0 aliphatic heterocycles. The van der Waals surface area contributed by atoms with Crippen LogP contribution in [0.2, 0.25) is 5.02 Å². The fourth-order valence-electron chi connectivity index (χ4n) is 1.06. The molecule has 0 aromatic heterocycles. The molecule has 0 amide bonds. The highest BCUT2D eigenvalue weighted by Crippen LogP contribution is 2.08. The third-order valence-corrected chi connectivity index (χ3v) is 2.05. The second-order valence-corrected chi connectivity index (χ2v) is 3.38. The molecule has 0 spiro atoms. The lowest BCUT2D eigenvalue weighted by Crippen LogP contribution is -2.17. The molecule has 72 valence electrons. The van der Waals surface area contributed by atoms with Crippen LogP contribution in [0, 0.1) is 0 Å². The van der Waals surface area contributed by atoms with Crippen LogP contribution in [-0.2, 0) is 6.54 Å². The van der Waals surface area contributed by atoms with Crippen molar-refractivity contribution in [3.8, 4) is 0 Å². The molecule has 0 saturated heterocycles. The normalized spacial score (nSPS) is 10.3. The molecule has 0 aliphatic rings. The van der Waals surface area contributed by atoms with Gasteiger partial charge in [-0.2, -0.15) is 0 Å². The Hall–Kier alpha value is -0.570. The predicted octanol–water partition coefficient (Wildman–Crippen LogP) is 1.78. The van der Waals surface area contributed by atoms with E-state index < -0.39 is 0 Å². The van der Waals surface area contributed by atoms with Crippen molar-refractivity contribution in [1.29, 1.82) is 0 Å². The molecule has 0 radical (unpaired) electrons. The van der Waals surface area contributed by atoms with Crippen LogP contribution in [0.5, 0.6) is 0 Å². The fourth-order valence-corrected chi connectivity index (χ4v) is 1.19. The minimum absolute atomic E-state index is 0.744. The van der Waals surface area contributed by atoms with E-state index in [4.69, 9.17) is 17.3 Å². The lowest BCUT2D eigenvalue weighted by molar-refractivity contribution is 0.655. The zero-order valence-corrected chi connectivity index (χ0v) is 8.35.